The standard InChI is InChI=1S/C25H23NO7S/c1-16(27)18-8-10-23(24(14-18)32-3)33-25(28)20-15-19(9-11-22(20)31-2)34(29,30)26-13-12-17-6-4-5-7-21(17)26/h4-11,14-15H,12-13H2,1-3H3. The number of anilines is 1. The number of methoxy groups -OCH3 is 2. The lowest BCUT2D eigenvalue weighted by molar-refractivity contribution is 0.0726. The number of carbonyl (C=O) groups excluding carboxylic acids is 2. The van der Waals surface area contributed by atoms with Crippen LogP contribution in [0.5, 0.6) is 17.2 Å². The van der Waals surface area contributed by atoms with E-state index in [-0.39, 0.29) is 33.5 Å². The number of Topliss-reactive ketones (excluding diaryl/α,β-unsaturated/α-hetero) is 1. The number of hydrogen-bond donors (Lipinski definition) is 0. The Kier molecular flexibility index (Phi) is 6.30. The Labute approximate surface area is 197 Å². The minimum Gasteiger partial charge on any atom is -0.496 e. The molecule has 34 heavy (non-hydrogen) atoms. The first-order chi connectivity index (χ1) is 16.3. The third-order valence-electron chi connectivity index (χ3n) is 5.60. The number of esters is 1. The molecule has 0 atom stereocenters. The molecule has 0 bridgehead atoms. The van der Waals surface area contributed by atoms with Gasteiger partial charge in [-0.15, -0.1) is 0 Å². The zero-order valence-corrected chi connectivity index (χ0v) is 19.7. The molecule has 0 spiro atoms. The first-order valence-electron chi connectivity index (χ1n) is 10.5. The quantitative estimate of drug-likeness (QED) is 0.287. The summed E-state index contributed by atoms with van der Waals surface area (Å²) in [6.07, 6.45) is 0.608. The fourth-order valence-electron chi connectivity index (χ4n) is 3.82. The number of benzene rings is 3. The summed E-state index contributed by atoms with van der Waals surface area (Å²) in [6, 6.07) is 15.8. The molecule has 3 aromatic carbocycles. The highest BCUT2D eigenvalue weighted by Crippen LogP contribution is 2.35. The zero-order chi connectivity index (χ0) is 24.5. The molecule has 1 heterocycles. The van der Waals surface area contributed by atoms with Gasteiger partial charge in [-0.3, -0.25) is 9.10 Å². The molecule has 0 aliphatic carbocycles. The van der Waals surface area contributed by atoms with Crippen molar-refractivity contribution in [3.63, 3.8) is 0 Å². The molecule has 0 N–H and O–H groups in total. The van der Waals surface area contributed by atoms with Crippen LogP contribution in [0.25, 0.3) is 0 Å². The van der Waals surface area contributed by atoms with E-state index in [2.05, 4.69) is 0 Å². The number of para-hydroxylation sites is 1. The van der Waals surface area contributed by atoms with Crippen molar-refractivity contribution in [3.8, 4) is 17.2 Å². The minimum atomic E-state index is -3.93. The van der Waals surface area contributed by atoms with Crippen LogP contribution in [0.3, 0.4) is 0 Å². The van der Waals surface area contributed by atoms with E-state index in [0.717, 1.165) is 5.56 Å². The van der Waals surface area contributed by atoms with Crippen LogP contribution in [0.1, 0.15) is 33.2 Å². The van der Waals surface area contributed by atoms with Crippen LogP contribution in [0.2, 0.25) is 0 Å². The first kappa shape index (κ1) is 23.3. The van der Waals surface area contributed by atoms with Crippen LogP contribution in [0, 0.1) is 0 Å². The highest BCUT2D eigenvalue weighted by molar-refractivity contribution is 7.92. The Morgan fingerprint density at radius 2 is 1.59 bits per heavy atom. The van der Waals surface area contributed by atoms with Crippen molar-refractivity contribution in [2.75, 3.05) is 25.1 Å². The summed E-state index contributed by atoms with van der Waals surface area (Å²) in [5.74, 6) is -0.562. The first-order valence-corrected chi connectivity index (χ1v) is 11.9. The maximum absolute atomic E-state index is 13.4. The molecule has 1 aliphatic heterocycles. The van der Waals surface area contributed by atoms with E-state index in [9.17, 15) is 18.0 Å². The van der Waals surface area contributed by atoms with Crippen molar-refractivity contribution in [1.82, 2.24) is 0 Å². The summed E-state index contributed by atoms with van der Waals surface area (Å²) in [7, 11) is -1.16. The molecule has 0 saturated carbocycles. The molecule has 0 amide bonds. The van der Waals surface area contributed by atoms with Crippen LogP contribution >= 0.6 is 0 Å². The second kappa shape index (κ2) is 9.18. The van der Waals surface area contributed by atoms with E-state index >= 15 is 0 Å². The van der Waals surface area contributed by atoms with Crippen molar-refractivity contribution in [1.29, 1.82) is 0 Å². The normalized spacial score (nSPS) is 12.7. The van der Waals surface area contributed by atoms with Crippen molar-refractivity contribution >= 4 is 27.5 Å². The lowest BCUT2D eigenvalue weighted by Crippen LogP contribution is -2.29. The van der Waals surface area contributed by atoms with Gasteiger partial charge < -0.3 is 14.2 Å². The number of carbonyl (C=O) groups is 2. The van der Waals surface area contributed by atoms with E-state index in [0.29, 0.717) is 24.2 Å². The number of ether oxygens (including phenoxy) is 3. The summed E-state index contributed by atoms with van der Waals surface area (Å²) in [6.45, 7) is 1.73. The summed E-state index contributed by atoms with van der Waals surface area (Å²) in [4.78, 5) is 24.6. The fraction of sp³-hybridized carbons (Fsp3) is 0.200. The molecular formula is C25H23NO7S. The van der Waals surface area contributed by atoms with Gasteiger partial charge in [0.05, 0.1) is 24.8 Å². The Bertz CT molecular complexity index is 1380. The van der Waals surface area contributed by atoms with Crippen LogP contribution in [-0.4, -0.2) is 40.9 Å². The van der Waals surface area contributed by atoms with E-state index in [1.165, 1.54) is 61.8 Å². The molecule has 0 radical (unpaired) electrons. The molecule has 3 aromatic rings. The molecule has 0 saturated heterocycles. The molecule has 1 aliphatic rings. The van der Waals surface area contributed by atoms with E-state index < -0.39 is 16.0 Å². The summed E-state index contributed by atoms with van der Waals surface area (Å²) < 4.78 is 44.2. The van der Waals surface area contributed by atoms with Crippen LogP contribution in [0.15, 0.2) is 65.6 Å². The van der Waals surface area contributed by atoms with Gasteiger partial charge in [0.15, 0.2) is 17.3 Å². The molecule has 176 valence electrons. The zero-order valence-electron chi connectivity index (χ0n) is 18.9. The number of ketones is 1. The Balaban J connectivity index is 1.69. The van der Waals surface area contributed by atoms with Crippen molar-refractivity contribution in [3.05, 3.63) is 77.4 Å². The Morgan fingerprint density at radius 3 is 2.29 bits per heavy atom. The predicted octanol–water partition coefficient (Wildman–Crippen LogP) is 3.88. The smallest absolute Gasteiger partial charge is 0.347 e. The van der Waals surface area contributed by atoms with Crippen LogP contribution < -0.4 is 18.5 Å². The lowest BCUT2D eigenvalue weighted by atomic mass is 10.1. The molecule has 0 aromatic heterocycles. The minimum absolute atomic E-state index is 0.0594. The largest absolute Gasteiger partial charge is 0.496 e. The Morgan fingerprint density at radius 1 is 0.882 bits per heavy atom. The highest BCUT2D eigenvalue weighted by Gasteiger charge is 2.32. The molecule has 8 nitrogen and oxygen atoms in total. The number of nitrogens with zero attached hydrogens (tertiary/aromatic N) is 1. The van der Waals surface area contributed by atoms with Gasteiger partial charge in [0.2, 0.25) is 0 Å². The van der Waals surface area contributed by atoms with E-state index in [1.807, 2.05) is 12.1 Å². The topological polar surface area (TPSA) is 99.2 Å². The molecule has 0 unspecified atom stereocenters. The van der Waals surface area contributed by atoms with Gasteiger partial charge in [0.1, 0.15) is 11.3 Å². The average molecular weight is 482 g/mol. The summed E-state index contributed by atoms with van der Waals surface area (Å²) in [5.41, 5.74) is 1.90. The predicted molar refractivity (Wildman–Crippen MR) is 126 cm³/mol. The monoisotopic (exact) mass is 481 g/mol. The van der Waals surface area contributed by atoms with Crippen molar-refractivity contribution < 1.29 is 32.2 Å². The van der Waals surface area contributed by atoms with E-state index in [1.54, 1.807) is 12.1 Å². The third-order valence-corrected chi connectivity index (χ3v) is 7.41. The average Bonchev–Trinajstić information content (AvgIpc) is 3.28. The van der Waals surface area contributed by atoms with Crippen LogP contribution in [0.4, 0.5) is 5.69 Å². The second-order valence-corrected chi connectivity index (χ2v) is 9.49. The lowest BCUT2D eigenvalue weighted by Gasteiger charge is -2.20. The molecule has 0 fully saturated rings. The van der Waals surface area contributed by atoms with E-state index in [4.69, 9.17) is 14.2 Å². The third kappa shape index (κ3) is 4.22. The molecule has 9 heteroatoms. The van der Waals surface area contributed by atoms with Crippen LogP contribution in [-0.2, 0) is 16.4 Å². The van der Waals surface area contributed by atoms with Gasteiger partial charge in [-0.2, -0.15) is 0 Å². The fourth-order valence-corrected chi connectivity index (χ4v) is 5.35. The van der Waals surface area contributed by atoms with Crippen molar-refractivity contribution in [2.24, 2.45) is 0 Å². The highest BCUT2D eigenvalue weighted by atomic mass is 32.2. The van der Waals surface area contributed by atoms with Gasteiger partial charge in [-0.1, -0.05) is 18.2 Å². The van der Waals surface area contributed by atoms with Crippen molar-refractivity contribution in [2.45, 2.75) is 18.2 Å². The summed E-state index contributed by atoms with van der Waals surface area (Å²) >= 11 is 0. The summed E-state index contributed by atoms with van der Waals surface area (Å²) in [5, 5.41) is 0. The van der Waals surface area contributed by atoms with Gasteiger partial charge in [0.25, 0.3) is 10.0 Å². The van der Waals surface area contributed by atoms with Gasteiger partial charge in [-0.05, 0) is 61.4 Å². The number of rotatable bonds is 7. The SMILES string of the molecule is COc1cc(C(C)=O)ccc1OC(=O)c1cc(S(=O)(=O)N2CCc3ccccc32)ccc1OC. The van der Waals surface area contributed by atoms with Gasteiger partial charge in [0, 0.05) is 12.1 Å². The number of sulfonamides is 1. The maximum atomic E-state index is 13.4. The number of fused-ring (bicyclic) bond motifs is 1. The van der Waals surface area contributed by atoms with Gasteiger partial charge in [-0.25, -0.2) is 13.2 Å². The molecular weight excluding hydrogens is 458 g/mol. The van der Waals surface area contributed by atoms with Gasteiger partial charge >= 0.3 is 5.97 Å². The maximum Gasteiger partial charge on any atom is 0.347 e. The second-order valence-electron chi connectivity index (χ2n) is 7.63. The molecule has 4 rings (SSSR count). The Hall–Kier alpha value is -3.85. The number of hydrogen-bond acceptors (Lipinski definition) is 7.